The van der Waals surface area contributed by atoms with Gasteiger partial charge in [-0.15, -0.1) is 0 Å². The van der Waals surface area contributed by atoms with E-state index in [0.29, 0.717) is 3.92 Å². The number of hydrogen-bond donors (Lipinski definition) is 0. The van der Waals surface area contributed by atoms with E-state index in [4.69, 9.17) is 4.74 Å². The topological polar surface area (TPSA) is 9.23 Å². The summed E-state index contributed by atoms with van der Waals surface area (Å²) < 4.78 is 35.6. The minimum Gasteiger partial charge on any atom is -0.472 e. The van der Waals surface area contributed by atoms with Crippen molar-refractivity contribution in [1.29, 1.82) is 0 Å². The second-order valence-electron chi connectivity index (χ2n) is 11.3. The summed E-state index contributed by atoms with van der Waals surface area (Å²) in [6.07, 6.45) is 4.20. The van der Waals surface area contributed by atoms with Crippen molar-refractivity contribution in [1.82, 2.24) is 0 Å². The van der Waals surface area contributed by atoms with E-state index in [0.717, 1.165) is 33.2 Å². The van der Waals surface area contributed by atoms with Crippen LogP contribution in [0.1, 0.15) is 58.1 Å². The second-order valence-corrected chi connectivity index (χ2v) is 13.1. The van der Waals surface area contributed by atoms with Crippen molar-refractivity contribution in [3.05, 3.63) is 142 Å². The molecular weight excluding hydrogens is 613 g/mol. The number of benzene rings is 5. The molecule has 40 heavy (non-hydrogen) atoms. The molecule has 0 radical (unpaired) electrons. The van der Waals surface area contributed by atoms with Gasteiger partial charge in [0.2, 0.25) is 0 Å². The van der Waals surface area contributed by atoms with Gasteiger partial charge < -0.3 is 4.74 Å². The van der Waals surface area contributed by atoms with Gasteiger partial charge in [0.1, 0.15) is 17.4 Å². The van der Waals surface area contributed by atoms with E-state index in [1.165, 1.54) is 52.1 Å². The third-order valence-electron chi connectivity index (χ3n) is 8.57. The zero-order valence-corrected chi connectivity index (χ0v) is 24.6. The molecule has 0 saturated carbocycles. The first kappa shape index (κ1) is 25.5. The molecule has 5 aromatic rings. The number of alkyl halides is 1. The Balaban J connectivity index is 1.53. The lowest BCUT2D eigenvalue weighted by atomic mass is 9.76. The normalized spacial score (nSPS) is 16.6. The van der Waals surface area contributed by atoms with Crippen LogP contribution in [0.2, 0.25) is 0 Å². The van der Waals surface area contributed by atoms with Crippen molar-refractivity contribution in [2.45, 2.75) is 35.7 Å². The molecule has 1 atom stereocenters. The molecule has 0 saturated heterocycles. The Morgan fingerprint density at radius 2 is 1.38 bits per heavy atom. The molecule has 1 unspecified atom stereocenters. The molecule has 0 N–H and O–H groups in total. The highest BCUT2D eigenvalue weighted by Crippen LogP contribution is 2.58. The van der Waals surface area contributed by atoms with Crippen LogP contribution in [0.15, 0.2) is 97.1 Å². The lowest BCUT2D eigenvalue weighted by Gasteiger charge is -2.38. The Morgan fingerprint density at radius 1 is 0.775 bits per heavy atom. The Hall–Kier alpha value is -3.51. The van der Waals surface area contributed by atoms with E-state index in [1.54, 1.807) is 24.3 Å². The maximum absolute atomic E-state index is 14.0. The molecule has 1 nitrogen and oxygen atoms in total. The molecule has 1 heterocycles. The van der Waals surface area contributed by atoms with Gasteiger partial charge in [0.05, 0.1) is 0 Å². The molecule has 0 bridgehead atoms. The summed E-state index contributed by atoms with van der Waals surface area (Å²) in [4.78, 5) is 0. The Labute approximate surface area is 246 Å². The van der Waals surface area contributed by atoms with Gasteiger partial charge in [-0.05, 0) is 70.5 Å². The van der Waals surface area contributed by atoms with Crippen LogP contribution in [0.4, 0.5) is 8.78 Å². The fourth-order valence-corrected chi connectivity index (χ4v) is 6.96. The zero-order chi connectivity index (χ0) is 27.8. The summed E-state index contributed by atoms with van der Waals surface area (Å²) in [5.41, 5.74) is 7.71. The van der Waals surface area contributed by atoms with Crippen LogP contribution in [-0.2, 0) is 11.0 Å². The lowest BCUT2D eigenvalue weighted by molar-refractivity contribution is 0.163. The minimum atomic E-state index is -1.05. The molecule has 5 aromatic carbocycles. The Morgan fingerprint density at radius 3 is 1.98 bits per heavy atom. The molecule has 4 heteroatoms. The van der Waals surface area contributed by atoms with Crippen LogP contribution in [0, 0.1) is 11.6 Å². The van der Waals surface area contributed by atoms with Gasteiger partial charge in [0.25, 0.3) is 0 Å². The van der Waals surface area contributed by atoms with Crippen molar-refractivity contribution < 1.29 is 13.5 Å². The van der Waals surface area contributed by atoms with Gasteiger partial charge in [-0.2, -0.15) is 0 Å². The average molecular weight is 641 g/mol. The van der Waals surface area contributed by atoms with Crippen LogP contribution >= 0.6 is 22.6 Å². The molecule has 2 aliphatic rings. The summed E-state index contributed by atoms with van der Waals surface area (Å²) in [5.74, 6) is 0.149. The highest BCUT2D eigenvalue weighted by molar-refractivity contribution is 14.1. The molecule has 0 spiro atoms. The van der Waals surface area contributed by atoms with E-state index in [2.05, 4.69) is 85.8 Å². The van der Waals surface area contributed by atoms with E-state index < -0.39 is 5.60 Å². The first-order chi connectivity index (χ1) is 19.2. The van der Waals surface area contributed by atoms with Crippen LogP contribution < -0.4 is 4.74 Å². The van der Waals surface area contributed by atoms with Gasteiger partial charge in [-0.1, -0.05) is 109 Å². The smallest absolute Gasteiger partial charge is 0.178 e. The fraction of sp³-hybridized carbons (Fsp3) is 0.167. The zero-order valence-electron chi connectivity index (χ0n) is 22.4. The maximum atomic E-state index is 14.0. The van der Waals surface area contributed by atoms with E-state index >= 15 is 0 Å². The molecule has 1 aliphatic carbocycles. The SMILES string of the molecule is CC(I)c1ccc2c(c1)C(C)(C)c1c3c(c4ccccc4c1-2)OC(c1ccc(F)cc1)(c1ccc(F)cc1)C=C3. The summed E-state index contributed by atoms with van der Waals surface area (Å²) >= 11 is 2.47. The Kier molecular flexibility index (Phi) is 5.73. The van der Waals surface area contributed by atoms with E-state index in [1.807, 2.05) is 12.1 Å². The third-order valence-corrected chi connectivity index (χ3v) is 9.29. The number of halogens is 3. The number of fused-ring (bicyclic) bond motifs is 8. The van der Waals surface area contributed by atoms with Crippen LogP contribution in [0.25, 0.3) is 28.0 Å². The van der Waals surface area contributed by atoms with Gasteiger partial charge >= 0.3 is 0 Å². The quantitative estimate of drug-likeness (QED) is 0.141. The van der Waals surface area contributed by atoms with Crippen LogP contribution in [0.3, 0.4) is 0 Å². The number of rotatable bonds is 3. The minimum absolute atomic E-state index is 0.250. The van der Waals surface area contributed by atoms with E-state index in [-0.39, 0.29) is 17.0 Å². The van der Waals surface area contributed by atoms with Gasteiger partial charge in [0, 0.05) is 31.4 Å². The fourth-order valence-electron chi connectivity index (χ4n) is 6.57. The summed E-state index contributed by atoms with van der Waals surface area (Å²) in [7, 11) is 0. The highest BCUT2D eigenvalue weighted by Gasteiger charge is 2.44. The largest absolute Gasteiger partial charge is 0.472 e. The predicted molar refractivity (Wildman–Crippen MR) is 167 cm³/mol. The summed E-state index contributed by atoms with van der Waals surface area (Å²) in [6.45, 7) is 6.81. The molecule has 0 fully saturated rings. The third kappa shape index (κ3) is 3.61. The second kappa shape index (κ2) is 9.00. The Bertz CT molecular complexity index is 1790. The van der Waals surface area contributed by atoms with Crippen molar-refractivity contribution in [3.8, 4) is 16.9 Å². The predicted octanol–water partition coefficient (Wildman–Crippen LogP) is 10.3. The number of hydrogen-bond acceptors (Lipinski definition) is 1. The van der Waals surface area contributed by atoms with Crippen molar-refractivity contribution in [2.24, 2.45) is 0 Å². The summed E-state index contributed by atoms with van der Waals surface area (Å²) in [6, 6.07) is 28.0. The average Bonchev–Trinajstić information content (AvgIpc) is 3.20. The van der Waals surface area contributed by atoms with Crippen LogP contribution in [0.5, 0.6) is 5.75 Å². The molecule has 7 rings (SSSR count). The van der Waals surface area contributed by atoms with Crippen molar-refractivity contribution in [3.63, 3.8) is 0 Å². The standard InChI is InChI=1S/C36H27F2IO/c1-21(39)22-8-17-29-31(20-22)35(2,3)33-30-18-19-36(23-9-13-25(37)14-10-23,24-11-15-26(38)16-12-24)40-34(30)28-7-5-4-6-27(28)32(29)33/h4-21H,1-3H3. The van der Waals surface area contributed by atoms with Crippen LogP contribution in [-0.4, -0.2) is 0 Å². The highest BCUT2D eigenvalue weighted by atomic mass is 127. The molecule has 0 aromatic heterocycles. The van der Waals surface area contributed by atoms with Crippen molar-refractivity contribution in [2.75, 3.05) is 0 Å². The lowest BCUT2D eigenvalue weighted by Crippen LogP contribution is -2.35. The van der Waals surface area contributed by atoms with Crippen molar-refractivity contribution >= 4 is 39.4 Å². The summed E-state index contributed by atoms with van der Waals surface area (Å²) in [5, 5.41) is 2.16. The first-order valence-electron chi connectivity index (χ1n) is 13.5. The molecular formula is C36H27F2IO. The maximum Gasteiger partial charge on any atom is 0.178 e. The monoisotopic (exact) mass is 640 g/mol. The van der Waals surface area contributed by atoms with E-state index in [9.17, 15) is 8.78 Å². The molecule has 1 aliphatic heterocycles. The first-order valence-corrected chi connectivity index (χ1v) is 14.7. The molecule has 198 valence electrons. The number of ether oxygens (including phenoxy) is 1. The van der Waals surface area contributed by atoms with Gasteiger partial charge in [-0.3, -0.25) is 0 Å². The molecule has 0 amide bonds. The van der Waals surface area contributed by atoms with Gasteiger partial charge in [0.15, 0.2) is 5.60 Å². The van der Waals surface area contributed by atoms with Gasteiger partial charge in [-0.25, -0.2) is 8.78 Å².